The number of benzene rings is 2. The molecule has 0 spiro atoms. The van der Waals surface area contributed by atoms with Gasteiger partial charge in [-0.1, -0.05) is 18.2 Å². The number of alkyl halides is 3. The number of anilines is 1. The van der Waals surface area contributed by atoms with Crippen LogP contribution in [0.4, 0.5) is 19.0 Å². The zero-order chi connectivity index (χ0) is 25.0. The zero-order valence-corrected chi connectivity index (χ0v) is 19.6. The van der Waals surface area contributed by atoms with Gasteiger partial charge in [0.1, 0.15) is 0 Å². The van der Waals surface area contributed by atoms with Gasteiger partial charge in [0.25, 0.3) is 0 Å². The quantitative estimate of drug-likeness (QED) is 0.524. The predicted octanol–water partition coefficient (Wildman–Crippen LogP) is 4.59. The van der Waals surface area contributed by atoms with Gasteiger partial charge >= 0.3 is 6.18 Å². The molecule has 2 heterocycles. The van der Waals surface area contributed by atoms with E-state index in [0.29, 0.717) is 43.0 Å². The number of fused-ring (bicyclic) bond motifs is 1. The maximum Gasteiger partial charge on any atom is 0.437 e. The molecule has 0 unspecified atom stereocenters. The normalized spacial score (nSPS) is 14.7. The smallest absolute Gasteiger partial charge is 0.437 e. The summed E-state index contributed by atoms with van der Waals surface area (Å²) in [6.45, 7) is 3.25. The van der Waals surface area contributed by atoms with E-state index in [1.807, 2.05) is 19.1 Å². The van der Waals surface area contributed by atoms with Crippen molar-refractivity contribution in [2.75, 3.05) is 31.7 Å². The molecule has 1 aliphatic rings. The molecular weight excluding hydrogens is 461 g/mol. The first kappa shape index (κ1) is 24.6. The number of hydrogen-bond acceptors (Lipinski definition) is 6. The second-order valence-corrected chi connectivity index (χ2v) is 8.28. The van der Waals surface area contributed by atoms with Gasteiger partial charge in [-0.25, -0.2) is 9.97 Å². The number of piperidine rings is 1. The largest absolute Gasteiger partial charge is 0.493 e. The molecule has 1 fully saturated rings. The Kier molecular flexibility index (Phi) is 7.28. The second kappa shape index (κ2) is 10.4. The minimum Gasteiger partial charge on any atom is -0.493 e. The SMILES string of the molecule is CCOc1cc(CNC(=O)C2CCN(c3nc4ccccc4nc3C(F)(F)F)CC2)ccc1OC. The van der Waals surface area contributed by atoms with Crippen molar-refractivity contribution in [3.05, 3.63) is 53.7 Å². The van der Waals surface area contributed by atoms with E-state index in [9.17, 15) is 18.0 Å². The van der Waals surface area contributed by atoms with Gasteiger partial charge in [-0.2, -0.15) is 13.2 Å². The van der Waals surface area contributed by atoms with Crippen LogP contribution in [0.25, 0.3) is 11.0 Å². The molecular formula is C25H27F3N4O3. The van der Waals surface area contributed by atoms with Crippen LogP contribution in [-0.2, 0) is 17.5 Å². The van der Waals surface area contributed by atoms with E-state index < -0.39 is 11.9 Å². The van der Waals surface area contributed by atoms with Crippen molar-refractivity contribution in [2.24, 2.45) is 5.92 Å². The fourth-order valence-corrected chi connectivity index (χ4v) is 4.19. The van der Waals surface area contributed by atoms with Crippen LogP contribution in [0.2, 0.25) is 0 Å². The van der Waals surface area contributed by atoms with Crippen LogP contribution in [0.5, 0.6) is 11.5 Å². The third kappa shape index (κ3) is 5.58. The molecule has 3 aromatic rings. The molecule has 0 atom stereocenters. The number of aromatic nitrogens is 2. The Morgan fingerprint density at radius 2 is 1.77 bits per heavy atom. The molecule has 1 amide bonds. The molecule has 4 rings (SSSR count). The Morgan fingerprint density at radius 3 is 2.40 bits per heavy atom. The fraction of sp³-hybridized carbons (Fsp3) is 0.400. The van der Waals surface area contributed by atoms with Crippen LogP contribution in [0.1, 0.15) is 31.0 Å². The molecule has 1 saturated heterocycles. The van der Waals surface area contributed by atoms with E-state index in [1.165, 1.54) is 6.07 Å². The van der Waals surface area contributed by atoms with Crippen molar-refractivity contribution in [3.63, 3.8) is 0 Å². The summed E-state index contributed by atoms with van der Waals surface area (Å²) in [5.74, 6) is 0.616. The molecule has 186 valence electrons. The molecule has 0 aliphatic carbocycles. The summed E-state index contributed by atoms with van der Waals surface area (Å²) in [5.41, 5.74) is 0.468. The van der Waals surface area contributed by atoms with E-state index in [-0.39, 0.29) is 36.2 Å². The summed E-state index contributed by atoms with van der Waals surface area (Å²) in [6.07, 6.45) is -3.78. The number of amides is 1. The first-order valence-corrected chi connectivity index (χ1v) is 11.5. The molecule has 2 aromatic carbocycles. The van der Waals surface area contributed by atoms with Crippen LogP contribution in [0.15, 0.2) is 42.5 Å². The Bertz CT molecular complexity index is 1190. The Balaban J connectivity index is 1.40. The van der Waals surface area contributed by atoms with Crippen molar-refractivity contribution in [1.29, 1.82) is 0 Å². The molecule has 7 nitrogen and oxygen atoms in total. The van der Waals surface area contributed by atoms with Crippen molar-refractivity contribution in [3.8, 4) is 11.5 Å². The summed E-state index contributed by atoms with van der Waals surface area (Å²) in [6, 6.07) is 12.0. The van der Waals surface area contributed by atoms with Gasteiger partial charge in [0.2, 0.25) is 5.91 Å². The number of ether oxygens (including phenoxy) is 2. The van der Waals surface area contributed by atoms with Crippen LogP contribution >= 0.6 is 0 Å². The fourth-order valence-electron chi connectivity index (χ4n) is 4.19. The number of nitrogens with one attached hydrogen (secondary N) is 1. The summed E-state index contributed by atoms with van der Waals surface area (Å²) < 4.78 is 52.0. The number of carbonyl (C=O) groups is 1. The summed E-state index contributed by atoms with van der Waals surface area (Å²) in [7, 11) is 1.56. The third-order valence-corrected chi connectivity index (χ3v) is 5.98. The highest BCUT2D eigenvalue weighted by Gasteiger charge is 2.39. The highest BCUT2D eigenvalue weighted by atomic mass is 19.4. The highest BCUT2D eigenvalue weighted by molar-refractivity contribution is 5.79. The number of rotatable bonds is 7. The highest BCUT2D eigenvalue weighted by Crippen LogP contribution is 2.36. The Hall–Kier alpha value is -3.56. The van der Waals surface area contributed by atoms with E-state index >= 15 is 0 Å². The van der Waals surface area contributed by atoms with E-state index in [4.69, 9.17) is 9.47 Å². The predicted molar refractivity (Wildman–Crippen MR) is 125 cm³/mol. The lowest BCUT2D eigenvalue weighted by Crippen LogP contribution is -2.41. The molecule has 0 radical (unpaired) electrons. The summed E-state index contributed by atoms with van der Waals surface area (Å²) in [5, 5.41) is 2.93. The number of para-hydroxylation sites is 2. The molecule has 0 bridgehead atoms. The molecule has 10 heteroatoms. The lowest BCUT2D eigenvalue weighted by Gasteiger charge is -2.33. The number of hydrogen-bond donors (Lipinski definition) is 1. The van der Waals surface area contributed by atoms with E-state index in [1.54, 1.807) is 36.3 Å². The summed E-state index contributed by atoms with van der Waals surface area (Å²) >= 11 is 0. The summed E-state index contributed by atoms with van der Waals surface area (Å²) in [4.78, 5) is 22.4. The Morgan fingerprint density at radius 1 is 1.09 bits per heavy atom. The number of carbonyl (C=O) groups excluding carboxylic acids is 1. The van der Waals surface area contributed by atoms with E-state index in [2.05, 4.69) is 15.3 Å². The van der Waals surface area contributed by atoms with Crippen molar-refractivity contribution in [2.45, 2.75) is 32.5 Å². The van der Waals surface area contributed by atoms with Crippen LogP contribution < -0.4 is 19.7 Å². The minimum absolute atomic E-state index is 0.126. The van der Waals surface area contributed by atoms with Crippen molar-refractivity contribution < 1.29 is 27.4 Å². The number of nitrogens with zero attached hydrogens (tertiary/aromatic N) is 3. The van der Waals surface area contributed by atoms with Crippen LogP contribution in [0, 0.1) is 5.92 Å². The van der Waals surface area contributed by atoms with Gasteiger partial charge in [-0.15, -0.1) is 0 Å². The molecule has 1 N–H and O–H groups in total. The lowest BCUT2D eigenvalue weighted by atomic mass is 9.95. The maximum atomic E-state index is 13.7. The van der Waals surface area contributed by atoms with Gasteiger partial charge in [0.15, 0.2) is 23.0 Å². The van der Waals surface area contributed by atoms with Crippen LogP contribution in [-0.4, -0.2) is 42.7 Å². The average Bonchev–Trinajstić information content (AvgIpc) is 2.86. The first-order valence-electron chi connectivity index (χ1n) is 11.5. The lowest BCUT2D eigenvalue weighted by molar-refractivity contribution is -0.140. The minimum atomic E-state index is -4.63. The van der Waals surface area contributed by atoms with Crippen molar-refractivity contribution in [1.82, 2.24) is 15.3 Å². The number of halogens is 3. The topological polar surface area (TPSA) is 76.6 Å². The molecule has 0 saturated carbocycles. The second-order valence-electron chi connectivity index (χ2n) is 8.28. The molecule has 1 aromatic heterocycles. The molecule has 35 heavy (non-hydrogen) atoms. The standard InChI is InChI=1S/C25H27F3N4O3/c1-3-35-21-14-16(8-9-20(21)34-2)15-29-24(33)17-10-12-32(13-11-17)23-22(25(26,27)28)30-18-6-4-5-7-19(18)31-23/h4-9,14,17H,3,10-13,15H2,1-2H3,(H,29,33). The average molecular weight is 489 g/mol. The third-order valence-electron chi connectivity index (χ3n) is 5.98. The monoisotopic (exact) mass is 488 g/mol. The first-order chi connectivity index (χ1) is 16.8. The Labute approximate surface area is 201 Å². The van der Waals surface area contributed by atoms with Gasteiger partial charge in [-0.05, 0) is 49.6 Å². The maximum absolute atomic E-state index is 13.7. The van der Waals surface area contributed by atoms with Gasteiger partial charge in [0, 0.05) is 25.6 Å². The molecule has 1 aliphatic heterocycles. The van der Waals surface area contributed by atoms with Gasteiger partial charge in [-0.3, -0.25) is 4.79 Å². The number of methoxy groups -OCH3 is 1. The zero-order valence-electron chi connectivity index (χ0n) is 19.6. The van der Waals surface area contributed by atoms with Crippen LogP contribution in [0.3, 0.4) is 0 Å². The van der Waals surface area contributed by atoms with Gasteiger partial charge < -0.3 is 19.7 Å². The van der Waals surface area contributed by atoms with E-state index in [0.717, 1.165) is 5.56 Å². The van der Waals surface area contributed by atoms with Gasteiger partial charge in [0.05, 0.1) is 24.8 Å². The van der Waals surface area contributed by atoms with Crippen molar-refractivity contribution >= 4 is 22.8 Å².